The fourth-order valence-corrected chi connectivity index (χ4v) is 3.31. The highest BCUT2D eigenvalue weighted by Crippen LogP contribution is 2.21. The summed E-state index contributed by atoms with van der Waals surface area (Å²) in [6.07, 6.45) is 2.33. The number of nitrogens with zero attached hydrogens (tertiary/aromatic N) is 4. The molecule has 0 fully saturated rings. The summed E-state index contributed by atoms with van der Waals surface area (Å²) in [6, 6.07) is 17.0. The second-order valence-electron chi connectivity index (χ2n) is 6.76. The molecule has 0 saturated heterocycles. The van der Waals surface area contributed by atoms with E-state index in [1.165, 1.54) is 12.5 Å². The zero-order chi connectivity index (χ0) is 19.1. The van der Waals surface area contributed by atoms with Gasteiger partial charge in [-0.25, -0.2) is 0 Å². The van der Waals surface area contributed by atoms with E-state index in [-0.39, 0.29) is 10.6 Å². The van der Waals surface area contributed by atoms with E-state index < -0.39 is 0 Å². The van der Waals surface area contributed by atoms with Crippen LogP contribution in [0.5, 0.6) is 0 Å². The minimum atomic E-state index is -0.343. The van der Waals surface area contributed by atoms with E-state index in [0.717, 1.165) is 43.1 Å². The number of aliphatic imine (C=N–C) groups is 1. The Morgan fingerprint density at radius 3 is 2.70 bits per heavy atom. The summed E-state index contributed by atoms with van der Waals surface area (Å²) in [6.45, 7) is 6.37. The van der Waals surface area contributed by atoms with Gasteiger partial charge in [0.2, 0.25) is 0 Å². The van der Waals surface area contributed by atoms with Crippen LogP contribution in [0.15, 0.2) is 59.6 Å². The molecule has 0 bridgehead atoms. The van der Waals surface area contributed by atoms with Gasteiger partial charge in [-0.1, -0.05) is 43.7 Å². The van der Waals surface area contributed by atoms with Crippen molar-refractivity contribution in [3.8, 4) is 0 Å². The molecule has 6 nitrogen and oxygen atoms in total. The Bertz CT molecular complexity index is 792. The number of benzene rings is 2. The third-order valence-corrected chi connectivity index (χ3v) is 4.76. The maximum absolute atomic E-state index is 11.1. The maximum Gasteiger partial charge on any atom is 0.269 e. The van der Waals surface area contributed by atoms with Gasteiger partial charge in [0.05, 0.1) is 18.0 Å². The summed E-state index contributed by atoms with van der Waals surface area (Å²) in [5.41, 5.74) is 2.14. The van der Waals surface area contributed by atoms with Crippen molar-refractivity contribution in [3.05, 3.63) is 70.3 Å². The molecule has 0 saturated carbocycles. The average Bonchev–Trinajstić information content (AvgIpc) is 3.13. The summed E-state index contributed by atoms with van der Waals surface area (Å²) >= 11 is 0. The first kappa shape index (κ1) is 18.9. The molecule has 0 atom stereocenters. The van der Waals surface area contributed by atoms with Crippen molar-refractivity contribution in [2.75, 3.05) is 31.1 Å². The van der Waals surface area contributed by atoms with Crippen molar-refractivity contribution in [3.63, 3.8) is 0 Å². The summed E-state index contributed by atoms with van der Waals surface area (Å²) in [5, 5.41) is 11.1. The highest BCUT2D eigenvalue weighted by atomic mass is 16.6. The molecule has 142 valence electrons. The summed E-state index contributed by atoms with van der Waals surface area (Å²) in [5.74, 6) is 1.11. The molecule has 0 aliphatic carbocycles. The van der Waals surface area contributed by atoms with Crippen LogP contribution < -0.4 is 4.90 Å². The molecule has 2 aromatic rings. The first-order valence-electron chi connectivity index (χ1n) is 9.49. The van der Waals surface area contributed by atoms with Crippen LogP contribution in [0.4, 0.5) is 11.4 Å². The molecule has 0 amide bonds. The number of rotatable bonds is 9. The van der Waals surface area contributed by atoms with Crippen molar-refractivity contribution in [2.24, 2.45) is 4.99 Å². The number of nitro benzene ring substituents is 1. The average molecular weight is 366 g/mol. The molecule has 0 N–H and O–H groups in total. The topological polar surface area (TPSA) is 62.0 Å². The predicted molar refractivity (Wildman–Crippen MR) is 109 cm³/mol. The molecule has 27 heavy (non-hydrogen) atoms. The minimum Gasteiger partial charge on any atom is -0.360 e. The smallest absolute Gasteiger partial charge is 0.269 e. The van der Waals surface area contributed by atoms with Crippen LogP contribution in [0.1, 0.15) is 25.3 Å². The quantitative estimate of drug-likeness (QED) is 0.495. The monoisotopic (exact) mass is 366 g/mol. The van der Waals surface area contributed by atoms with Crippen LogP contribution >= 0.6 is 0 Å². The molecule has 0 spiro atoms. The number of hydrogen-bond acceptors (Lipinski definition) is 5. The van der Waals surface area contributed by atoms with Gasteiger partial charge >= 0.3 is 0 Å². The van der Waals surface area contributed by atoms with Crippen molar-refractivity contribution >= 4 is 17.2 Å². The van der Waals surface area contributed by atoms with Gasteiger partial charge in [0, 0.05) is 37.5 Å². The number of amidine groups is 1. The SMILES string of the molecule is CCCCN1CCN=C1CN(Cc1cccc([N+](=O)[O-])c1)c1ccccc1. The van der Waals surface area contributed by atoms with Crippen molar-refractivity contribution in [1.82, 2.24) is 4.90 Å². The van der Waals surface area contributed by atoms with Gasteiger partial charge in [-0.3, -0.25) is 15.1 Å². The van der Waals surface area contributed by atoms with Crippen LogP contribution in [0.2, 0.25) is 0 Å². The first-order chi connectivity index (χ1) is 13.2. The number of unbranched alkanes of at least 4 members (excludes halogenated alkanes) is 1. The van der Waals surface area contributed by atoms with Crippen LogP contribution in [0.3, 0.4) is 0 Å². The lowest BCUT2D eigenvalue weighted by Gasteiger charge is -2.29. The summed E-state index contributed by atoms with van der Waals surface area (Å²) in [7, 11) is 0. The van der Waals surface area contributed by atoms with E-state index in [9.17, 15) is 10.1 Å². The second kappa shape index (κ2) is 9.16. The molecular formula is C21H26N4O2. The molecule has 6 heteroatoms. The number of nitro groups is 1. The molecular weight excluding hydrogens is 340 g/mol. The fourth-order valence-electron chi connectivity index (χ4n) is 3.31. The van der Waals surface area contributed by atoms with Crippen LogP contribution in [-0.2, 0) is 6.54 Å². The van der Waals surface area contributed by atoms with E-state index in [1.807, 2.05) is 24.3 Å². The Hall–Kier alpha value is -2.89. The van der Waals surface area contributed by atoms with Gasteiger partial charge in [0.15, 0.2) is 0 Å². The van der Waals surface area contributed by atoms with Gasteiger partial charge in [-0.05, 0) is 24.1 Å². The van der Waals surface area contributed by atoms with Crippen LogP contribution in [0.25, 0.3) is 0 Å². The van der Waals surface area contributed by atoms with E-state index >= 15 is 0 Å². The van der Waals surface area contributed by atoms with Crippen molar-refractivity contribution in [1.29, 1.82) is 0 Å². The number of non-ortho nitro benzene ring substituents is 1. The van der Waals surface area contributed by atoms with E-state index in [0.29, 0.717) is 13.1 Å². The summed E-state index contributed by atoms with van der Waals surface area (Å²) < 4.78 is 0. The van der Waals surface area contributed by atoms with Crippen LogP contribution in [0, 0.1) is 10.1 Å². The predicted octanol–water partition coefficient (Wildman–Crippen LogP) is 4.12. The highest BCUT2D eigenvalue weighted by molar-refractivity contribution is 5.88. The Morgan fingerprint density at radius 2 is 1.96 bits per heavy atom. The summed E-state index contributed by atoms with van der Waals surface area (Å²) in [4.78, 5) is 20.1. The lowest BCUT2D eigenvalue weighted by molar-refractivity contribution is -0.384. The molecule has 3 rings (SSSR count). The Morgan fingerprint density at radius 1 is 1.15 bits per heavy atom. The zero-order valence-corrected chi connectivity index (χ0v) is 15.8. The second-order valence-corrected chi connectivity index (χ2v) is 6.76. The van der Waals surface area contributed by atoms with E-state index in [1.54, 1.807) is 12.1 Å². The van der Waals surface area contributed by atoms with Gasteiger partial charge in [0.25, 0.3) is 5.69 Å². The Labute approximate surface area is 160 Å². The van der Waals surface area contributed by atoms with Gasteiger partial charge in [0.1, 0.15) is 5.84 Å². The molecule has 1 heterocycles. The first-order valence-corrected chi connectivity index (χ1v) is 9.49. The van der Waals surface area contributed by atoms with Crippen molar-refractivity contribution < 1.29 is 4.92 Å². The number of hydrogen-bond donors (Lipinski definition) is 0. The molecule has 0 unspecified atom stereocenters. The normalized spacial score (nSPS) is 13.5. The van der Waals surface area contributed by atoms with E-state index in [4.69, 9.17) is 4.99 Å². The molecule has 1 aliphatic rings. The lowest BCUT2D eigenvalue weighted by atomic mass is 10.1. The molecule has 0 radical (unpaired) electrons. The van der Waals surface area contributed by atoms with E-state index in [2.05, 4.69) is 28.9 Å². The lowest BCUT2D eigenvalue weighted by Crippen LogP contribution is -2.38. The van der Waals surface area contributed by atoms with Gasteiger partial charge < -0.3 is 9.80 Å². The van der Waals surface area contributed by atoms with Crippen LogP contribution in [-0.4, -0.2) is 41.8 Å². The number of anilines is 1. The largest absolute Gasteiger partial charge is 0.360 e. The Kier molecular flexibility index (Phi) is 6.41. The van der Waals surface area contributed by atoms with Crippen molar-refractivity contribution in [2.45, 2.75) is 26.3 Å². The molecule has 2 aromatic carbocycles. The molecule has 0 aromatic heterocycles. The highest BCUT2D eigenvalue weighted by Gasteiger charge is 2.20. The standard InChI is InChI=1S/C21H26N4O2/c1-2-3-13-23-14-12-22-21(23)17-24(19-9-5-4-6-10-19)16-18-8-7-11-20(15-18)25(26)27/h4-11,15H,2-3,12-14,16-17H2,1H3. The fraction of sp³-hybridized carbons (Fsp3) is 0.381. The third-order valence-electron chi connectivity index (χ3n) is 4.76. The minimum absolute atomic E-state index is 0.128. The number of para-hydroxylation sites is 1. The maximum atomic E-state index is 11.1. The Balaban J connectivity index is 1.80. The molecule has 1 aliphatic heterocycles. The third kappa shape index (κ3) is 5.06. The van der Waals surface area contributed by atoms with Gasteiger partial charge in [-0.15, -0.1) is 0 Å². The van der Waals surface area contributed by atoms with Gasteiger partial charge in [-0.2, -0.15) is 0 Å². The zero-order valence-electron chi connectivity index (χ0n) is 15.8.